The Bertz CT molecular complexity index is 4130. The molecule has 0 aromatic heterocycles. The second kappa shape index (κ2) is 11.3. The van der Waals surface area contributed by atoms with Crippen LogP contribution in [0.2, 0.25) is 0 Å². The third-order valence-corrected chi connectivity index (χ3v) is 14.2. The highest BCUT2D eigenvalue weighted by Gasteiger charge is 2.29. The molecule has 0 heterocycles. The predicted octanol–water partition coefficient (Wildman–Crippen LogP) is 17.3. The molecule has 14 rings (SSSR count). The van der Waals surface area contributed by atoms with Gasteiger partial charge in [0, 0.05) is 0 Å². The fourth-order valence-electron chi connectivity index (χ4n) is 11.6. The molecule has 0 nitrogen and oxygen atoms in total. The summed E-state index contributed by atoms with van der Waals surface area (Å²) in [6.07, 6.45) is 0. The molecule has 0 fully saturated rings. The average molecular weight is 759 g/mol. The van der Waals surface area contributed by atoms with Gasteiger partial charge < -0.3 is 0 Å². The van der Waals surface area contributed by atoms with Gasteiger partial charge in [0.2, 0.25) is 0 Å². The summed E-state index contributed by atoms with van der Waals surface area (Å²) in [5.74, 6) is 0. The molecule has 0 radical (unpaired) electrons. The summed E-state index contributed by atoms with van der Waals surface area (Å²) in [4.78, 5) is 0. The molecule has 0 aliphatic carbocycles. The zero-order valence-electron chi connectivity index (χ0n) is 33.7. The summed E-state index contributed by atoms with van der Waals surface area (Å²) in [6.45, 7) is 7.02. The first-order valence-electron chi connectivity index (χ1n) is 21.3. The Kier molecular flexibility index (Phi) is 6.13. The monoisotopic (exact) mass is 758 g/mol. The molecule has 60 heavy (non-hydrogen) atoms. The Morgan fingerprint density at radius 2 is 0.783 bits per heavy atom. The van der Waals surface area contributed by atoms with Gasteiger partial charge in [0.15, 0.2) is 0 Å². The van der Waals surface area contributed by atoms with Gasteiger partial charge in [-0.3, -0.25) is 0 Å². The maximum Gasteiger partial charge on any atom is -0.000695 e. The van der Waals surface area contributed by atoms with Crippen LogP contribution in [0.1, 0.15) is 26.3 Å². The lowest BCUT2D eigenvalue weighted by molar-refractivity contribution is 0.591. The summed E-state index contributed by atoms with van der Waals surface area (Å²) < 4.78 is 0. The van der Waals surface area contributed by atoms with E-state index in [4.69, 9.17) is 0 Å². The van der Waals surface area contributed by atoms with Crippen molar-refractivity contribution in [1.29, 1.82) is 0 Å². The highest BCUT2D eigenvalue weighted by Crippen LogP contribution is 2.57. The predicted molar refractivity (Wildman–Crippen MR) is 262 cm³/mol. The van der Waals surface area contributed by atoms with Crippen LogP contribution in [-0.4, -0.2) is 0 Å². The Morgan fingerprint density at radius 1 is 0.250 bits per heavy atom. The van der Waals surface area contributed by atoms with Gasteiger partial charge in [-0.05, 0) is 164 Å². The highest BCUT2D eigenvalue weighted by molar-refractivity contribution is 6.48. The first kappa shape index (κ1) is 32.7. The highest BCUT2D eigenvalue weighted by atomic mass is 14.3. The number of hydrogen-bond acceptors (Lipinski definition) is 0. The zero-order valence-corrected chi connectivity index (χ0v) is 33.7. The van der Waals surface area contributed by atoms with Gasteiger partial charge >= 0.3 is 0 Å². The Labute approximate surface area is 346 Å². The van der Waals surface area contributed by atoms with E-state index in [1.165, 1.54) is 146 Å². The Balaban J connectivity index is 1.35. The van der Waals surface area contributed by atoms with E-state index in [1.54, 1.807) is 0 Å². The largest absolute Gasteiger partial charge is 0.0616 e. The third kappa shape index (κ3) is 4.06. The van der Waals surface area contributed by atoms with Crippen molar-refractivity contribution in [3.05, 3.63) is 181 Å². The van der Waals surface area contributed by atoms with E-state index >= 15 is 0 Å². The van der Waals surface area contributed by atoms with Crippen LogP contribution in [0.4, 0.5) is 0 Å². The minimum absolute atomic E-state index is 0.0125. The standard InChI is InChI=1S/C60H38/c1-60(2,3)38-29-36-26-25-35-27-28-47-55-49(31-37(30-38)51(36)52(35)55)59-54(43-21-10-15-33-13-4-6-17-39(33)43)50-32-48-42-20-9-8-19-41(42)45-23-12-24-46(53(45)48)56(50)57(58(47)59)44-22-11-16-34-14-5-7-18-40(34)44/h4-32H,1-3H3. The first-order valence-corrected chi connectivity index (χ1v) is 21.3. The van der Waals surface area contributed by atoms with Crippen molar-refractivity contribution in [2.45, 2.75) is 26.2 Å². The van der Waals surface area contributed by atoms with Gasteiger partial charge in [0.25, 0.3) is 0 Å². The topological polar surface area (TPSA) is 0 Å². The lowest BCUT2D eigenvalue weighted by atomic mass is 9.82. The molecule has 0 aliphatic heterocycles. The van der Waals surface area contributed by atoms with Gasteiger partial charge in [-0.25, -0.2) is 0 Å². The number of fused-ring (bicyclic) bond motifs is 10. The fraction of sp³-hybridized carbons (Fsp3) is 0.0667. The molecule has 0 N–H and O–H groups in total. The van der Waals surface area contributed by atoms with E-state index < -0.39 is 0 Å². The summed E-state index contributed by atoms with van der Waals surface area (Å²) in [7, 11) is 0. The summed E-state index contributed by atoms with van der Waals surface area (Å²) >= 11 is 0. The minimum Gasteiger partial charge on any atom is -0.0616 e. The van der Waals surface area contributed by atoms with Gasteiger partial charge in [-0.1, -0.05) is 185 Å². The Morgan fingerprint density at radius 3 is 1.52 bits per heavy atom. The van der Waals surface area contributed by atoms with Crippen molar-refractivity contribution >= 4 is 118 Å². The maximum absolute atomic E-state index is 2.58. The molecular formula is C60H38. The van der Waals surface area contributed by atoms with E-state index in [9.17, 15) is 0 Å². The van der Waals surface area contributed by atoms with E-state index in [0.29, 0.717) is 0 Å². The van der Waals surface area contributed by atoms with Crippen LogP contribution in [0, 0.1) is 0 Å². The zero-order chi connectivity index (χ0) is 39.6. The van der Waals surface area contributed by atoms with Crippen LogP contribution in [0.3, 0.4) is 0 Å². The number of hydrogen-bond donors (Lipinski definition) is 0. The minimum atomic E-state index is 0.0125. The molecule has 0 aliphatic rings. The van der Waals surface area contributed by atoms with Crippen molar-refractivity contribution in [2.24, 2.45) is 0 Å². The smallest absolute Gasteiger partial charge is 0.000695 e. The normalized spacial score (nSPS) is 12.9. The van der Waals surface area contributed by atoms with Gasteiger partial charge in [-0.2, -0.15) is 0 Å². The third-order valence-electron chi connectivity index (χ3n) is 14.2. The lowest BCUT2D eigenvalue weighted by Crippen LogP contribution is -2.10. The molecule has 0 atom stereocenters. The average Bonchev–Trinajstić information content (AvgIpc) is 3.78. The van der Waals surface area contributed by atoms with Gasteiger partial charge in [0.1, 0.15) is 0 Å². The number of benzene rings is 12. The van der Waals surface area contributed by atoms with Crippen molar-refractivity contribution in [3.8, 4) is 22.3 Å². The molecule has 0 bridgehead atoms. The summed E-state index contributed by atoms with van der Waals surface area (Å²) in [5.41, 5.74) is 6.60. The Hall–Kier alpha value is -7.28. The van der Waals surface area contributed by atoms with Gasteiger partial charge in [0.05, 0.1) is 0 Å². The molecule has 14 aromatic rings. The quantitative estimate of drug-likeness (QED) is 0.154. The molecule has 14 aromatic carbocycles. The molecule has 0 amide bonds. The molecule has 0 spiro atoms. The second-order valence-electron chi connectivity index (χ2n) is 18.3. The summed E-state index contributed by atoms with van der Waals surface area (Å²) in [5, 5.41) is 29.1. The second-order valence-corrected chi connectivity index (χ2v) is 18.3. The molecule has 0 unspecified atom stereocenters. The molecule has 0 heteroatoms. The number of rotatable bonds is 2. The van der Waals surface area contributed by atoms with Crippen molar-refractivity contribution < 1.29 is 0 Å². The van der Waals surface area contributed by atoms with E-state index in [0.717, 1.165) is 0 Å². The van der Waals surface area contributed by atoms with Crippen molar-refractivity contribution in [2.75, 3.05) is 0 Å². The van der Waals surface area contributed by atoms with E-state index in [2.05, 4.69) is 197 Å². The molecular weight excluding hydrogens is 721 g/mol. The van der Waals surface area contributed by atoms with Crippen LogP contribution >= 0.6 is 0 Å². The van der Waals surface area contributed by atoms with Crippen LogP contribution in [0.15, 0.2) is 176 Å². The van der Waals surface area contributed by atoms with Crippen molar-refractivity contribution in [1.82, 2.24) is 0 Å². The SMILES string of the molecule is CC(C)(C)c1cc2ccc3ccc4c5c(-c6cccc7ccccc67)c6c(cc7c8ccccc8c8cccc6c87)c(-c6cccc7ccccc67)c5c5cc(c1)c2c3c54. The van der Waals surface area contributed by atoms with E-state index in [1.807, 2.05) is 0 Å². The van der Waals surface area contributed by atoms with E-state index in [-0.39, 0.29) is 5.41 Å². The molecule has 278 valence electrons. The van der Waals surface area contributed by atoms with Crippen LogP contribution in [-0.2, 0) is 5.41 Å². The van der Waals surface area contributed by atoms with Crippen LogP contribution in [0.5, 0.6) is 0 Å². The molecule has 0 saturated carbocycles. The molecule has 0 saturated heterocycles. The maximum atomic E-state index is 2.58. The summed E-state index contributed by atoms with van der Waals surface area (Å²) in [6, 6.07) is 67.5. The van der Waals surface area contributed by atoms with Crippen LogP contribution in [0.25, 0.3) is 141 Å². The first-order chi connectivity index (χ1) is 29.4. The van der Waals surface area contributed by atoms with Gasteiger partial charge in [-0.15, -0.1) is 0 Å². The van der Waals surface area contributed by atoms with Crippen LogP contribution < -0.4 is 0 Å². The fourth-order valence-corrected chi connectivity index (χ4v) is 11.6. The van der Waals surface area contributed by atoms with Crippen molar-refractivity contribution in [3.63, 3.8) is 0 Å². The lowest BCUT2D eigenvalue weighted by Gasteiger charge is -2.22.